The third kappa shape index (κ3) is 6.29. The maximum atomic E-state index is 12.2. The van der Waals surface area contributed by atoms with Gasteiger partial charge in [-0.15, -0.1) is 11.8 Å². The Bertz CT molecular complexity index is 856. The van der Waals surface area contributed by atoms with E-state index in [1.165, 1.54) is 4.90 Å². The second kappa shape index (κ2) is 9.28. The minimum atomic E-state index is -2.90. The van der Waals surface area contributed by atoms with E-state index in [1.54, 1.807) is 11.8 Å². The summed E-state index contributed by atoms with van der Waals surface area (Å²) in [6, 6.07) is 17.8. The first-order valence-corrected chi connectivity index (χ1v) is 11.9. The van der Waals surface area contributed by atoms with Crippen molar-refractivity contribution in [3.63, 3.8) is 0 Å². The van der Waals surface area contributed by atoms with Crippen LogP contribution in [0.4, 0.5) is 11.4 Å². The van der Waals surface area contributed by atoms with Gasteiger partial charge in [0.25, 0.3) is 0 Å². The highest BCUT2D eigenvalue weighted by atomic mass is 32.2. The van der Waals surface area contributed by atoms with Gasteiger partial charge in [-0.25, -0.2) is 8.42 Å². The van der Waals surface area contributed by atoms with E-state index in [1.807, 2.05) is 47.4 Å². The highest BCUT2D eigenvalue weighted by molar-refractivity contribution is 7.99. The summed E-state index contributed by atoms with van der Waals surface area (Å²) >= 11 is 1.75. The van der Waals surface area contributed by atoms with Crippen LogP contribution in [0.5, 0.6) is 0 Å². The van der Waals surface area contributed by atoms with Gasteiger partial charge in [-0.1, -0.05) is 24.3 Å². The van der Waals surface area contributed by atoms with Crippen molar-refractivity contribution in [2.45, 2.75) is 17.7 Å². The molecule has 2 aromatic rings. The number of carbonyl (C=O) groups is 1. The van der Waals surface area contributed by atoms with Crippen LogP contribution >= 0.6 is 11.8 Å². The van der Waals surface area contributed by atoms with E-state index >= 15 is 0 Å². The lowest BCUT2D eigenvalue weighted by molar-refractivity contribution is -0.116. The summed E-state index contributed by atoms with van der Waals surface area (Å²) in [5, 5.41) is 2.94. The summed E-state index contributed by atoms with van der Waals surface area (Å²) < 4.78 is 23.1. The van der Waals surface area contributed by atoms with Crippen LogP contribution in [-0.2, 0) is 14.6 Å². The molecule has 0 unspecified atom stereocenters. The number of sulfone groups is 1. The molecule has 1 saturated heterocycles. The third-order valence-electron chi connectivity index (χ3n) is 4.40. The zero-order chi connectivity index (χ0) is 19.1. The highest BCUT2D eigenvalue weighted by Crippen LogP contribution is 2.22. The van der Waals surface area contributed by atoms with Crippen molar-refractivity contribution in [2.24, 2.45) is 0 Å². The molecule has 2 aromatic carbocycles. The molecular formula is C20H24N2O3S2. The van der Waals surface area contributed by atoms with Crippen molar-refractivity contribution in [1.29, 1.82) is 0 Å². The molecule has 0 atom stereocenters. The molecule has 0 saturated carbocycles. The fraction of sp³-hybridized carbons (Fsp3) is 0.350. The molecule has 144 valence electrons. The Morgan fingerprint density at radius 3 is 2.52 bits per heavy atom. The number of nitrogens with one attached hydrogen (secondary N) is 1. The number of nitrogens with zero attached hydrogens (tertiary/aromatic N) is 1. The van der Waals surface area contributed by atoms with E-state index in [0.717, 1.165) is 23.5 Å². The van der Waals surface area contributed by atoms with Gasteiger partial charge in [0.15, 0.2) is 9.84 Å². The van der Waals surface area contributed by atoms with E-state index in [-0.39, 0.29) is 17.4 Å². The van der Waals surface area contributed by atoms with Crippen LogP contribution in [-0.4, -0.2) is 44.7 Å². The number of amides is 1. The molecule has 1 heterocycles. The average molecular weight is 405 g/mol. The van der Waals surface area contributed by atoms with Gasteiger partial charge in [-0.05, 0) is 42.5 Å². The largest absolute Gasteiger partial charge is 0.369 e. The molecule has 0 spiro atoms. The predicted octanol–water partition coefficient (Wildman–Crippen LogP) is 3.43. The van der Waals surface area contributed by atoms with Crippen LogP contribution in [0.3, 0.4) is 0 Å². The number of carbonyl (C=O) groups excluding carboxylic acids is 1. The second-order valence-electron chi connectivity index (χ2n) is 6.50. The molecule has 1 aliphatic heterocycles. The molecule has 0 aromatic heterocycles. The third-order valence-corrected chi connectivity index (χ3v) is 7.11. The minimum absolute atomic E-state index is 0.00188. The van der Waals surface area contributed by atoms with Gasteiger partial charge < -0.3 is 10.2 Å². The summed E-state index contributed by atoms with van der Waals surface area (Å²) in [7, 11) is -2.90. The average Bonchev–Trinajstić information content (AvgIpc) is 2.66. The van der Waals surface area contributed by atoms with E-state index in [9.17, 15) is 13.2 Å². The molecule has 1 fully saturated rings. The summed E-state index contributed by atoms with van der Waals surface area (Å²) in [6.07, 6.45) is 1.29. The maximum absolute atomic E-state index is 12.2. The van der Waals surface area contributed by atoms with Gasteiger partial charge in [-0.3, -0.25) is 4.79 Å². The lowest BCUT2D eigenvalue weighted by Gasteiger charge is -2.29. The first-order valence-electron chi connectivity index (χ1n) is 9.05. The van der Waals surface area contributed by atoms with Crippen molar-refractivity contribution in [1.82, 2.24) is 0 Å². The molecule has 27 heavy (non-hydrogen) atoms. The van der Waals surface area contributed by atoms with E-state index in [0.29, 0.717) is 19.5 Å². The van der Waals surface area contributed by atoms with Crippen molar-refractivity contribution >= 4 is 38.9 Å². The molecule has 0 bridgehead atoms. The van der Waals surface area contributed by atoms with Crippen molar-refractivity contribution < 1.29 is 13.2 Å². The van der Waals surface area contributed by atoms with Crippen LogP contribution in [0.2, 0.25) is 0 Å². The normalized spacial score (nSPS) is 16.1. The Labute approximate surface area is 165 Å². The van der Waals surface area contributed by atoms with E-state index in [2.05, 4.69) is 17.4 Å². The SMILES string of the molecule is O=C(CCCSc1ccccc1)Nc1cccc(N2CCS(=O)(=O)CC2)c1. The Kier molecular flexibility index (Phi) is 6.79. The fourth-order valence-electron chi connectivity index (χ4n) is 2.91. The molecule has 5 nitrogen and oxygen atoms in total. The van der Waals surface area contributed by atoms with E-state index < -0.39 is 9.84 Å². The molecular weight excluding hydrogens is 380 g/mol. The minimum Gasteiger partial charge on any atom is -0.369 e. The van der Waals surface area contributed by atoms with Gasteiger partial charge in [-0.2, -0.15) is 0 Å². The Balaban J connectivity index is 1.45. The second-order valence-corrected chi connectivity index (χ2v) is 9.97. The first-order chi connectivity index (χ1) is 13.0. The maximum Gasteiger partial charge on any atom is 0.224 e. The smallest absolute Gasteiger partial charge is 0.224 e. The number of rotatable bonds is 7. The van der Waals surface area contributed by atoms with Crippen LogP contribution in [0.25, 0.3) is 0 Å². The number of anilines is 2. The van der Waals surface area contributed by atoms with Gasteiger partial charge in [0.05, 0.1) is 11.5 Å². The lowest BCUT2D eigenvalue weighted by atomic mass is 10.2. The molecule has 1 amide bonds. The van der Waals surface area contributed by atoms with Crippen LogP contribution in [0, 0.1) is 0 Å². The summed E-state index contributed by atoms with van der Waals surface area (Å²) in [5.74, 6) is 1.27. The summed E-state index contributed by atoms with van der Waals surface area (Å²) in [5.41, 5.74) is 1.70. The monoisotopic (exact) mass is 404 g/mol. The number of thioether (sulfide) groups is 1. The van der Waals surface area contributed by atoms with Gasteiger partial charge in [0, 0.05) is 35.8 Å². The van der Waals surface area contributed by atoms with Crippen molar-refractivity contribution in [3.8, 4) is 0 Å². The zero-order valence-corrected chi connectivity index (χ0v) is 16.8. The number of hydrogen-bond acceptors (Lipinski definition) is 5. The molecule has 7 heteroatoms. The summed E-state index contributed by atoms with van der Waals surface area (Å²) in [4.78, 5) is 15.4. The standard InChI is InChI=1S/C20H24N2O3S2/c23-20(10-5-13-26-19-8-2-1-3-9-19)21-17-6-4-7-18(16-17)22-11-14-27(24,25)15-12-22/h1-4,6-9,16H,5,10-15H2,(H,21,23). The highest BCUT2D eigenvalue weighted by Gasteiger charge is 2.21. The topological polar surface area (TPSA) is 66.5 Å². The van der Waals surface area contributed by atoms with E-state index in [4.69, 9.17) is 0 Å². The van der Waals surface area contributed by atoms with Gasteiger partial charge >= 0.3 is 0 Å². The first kappa shape index (κ1) is 19.8. The molecule has 3 rings (SSSR count). The van der Waals surface area contributed by atoms with Crippen LogP contribution in [0.15, 0.2) is 59.5 Å². The van der Waals surface area contributed by atoms with Crippen molar-refractivity contribution in [3.05, 3.63) is 54.6 Å². The zero-order valence-electron chi connectivity index (χ0n) is 15.1. The fourth-order valence-corrected chi connectivity index (χ4v) is 4.99. The molecule has 1 aliphatic rings. The molecule has 0 radical (unpaired) electrons. The number of hydrogen-bond donors (Lipinski definition) is 1. The quantitative estimate of drug-likeness (QED) is 0.566. The van der Waals surface area contributed by atoms with Gasteiger partial charge in [0.2, 0.25) is 5.91 Å². The van der Waals surface area contributed by atoms with Crippen LogP contribution < -0.4 is 10.2 Å². The van der Waals surface area contributed by atoms with Gasteiger partial charge in [0.1, 0.15) is 0 Å². The lowest BCUT2D eigenvalue weighted by Crippen LogP contribution is -2.40. The summed E-state index contributed by atoms with van der Waals surface area (Å²) in [6.45, 7) is 0.993. The number of benzene rings is 2. The Hall–Kier alpha value is -1.99. The van der Waals surface area contributed by atoms with Crippen LogP contribution in [0.1, 0.15) is 12.8 Å². The van der Waals surface area contributed by atoms with Crippen molar-refractivity contribution in [2.75, 3.05) is 40.6 Å². The Morgan fingerprint density at radius 1 is 1.04 bits per heavy atom. The Morgan fingerprint density at radius 2 is 1.78 bits per heavy atom. The molecule has 0 aliphatic carbocycles. The molecule has 1 N–H and O–H groups in total. The predicted molar refractivity (Wildman–Crippen MR) is 112 cm³/mol.